The van der Waals surface area contributed by atoms with Gasteiger partial charge in [0.15, 0.2) is 0 Å². The Balaban J connectivity index is 1.45. The van der Waals surface area contributed by atoms with E-state index in [9.17, 15) is 4.79 Å². The fourth-order valence-corrected chi connectivity index (χ4v) is 3.21. The Morgan fingerprint density at radius 3 is 2.54 bits per heavy atom. The lowest BCUT2D eigenvalue weighted by molar-refractivity contribution is 0.0943. The molecule has 1 aliphatic rings. The normalized spacial score (nSPS) is 14.1. The molecule has 1 aromatic carbocycles. The van der Waals surface area contributed by atoms with Crippen LogP contribution in [-0.2, 0) is 18.3 Å². The predicted molar refractivity (Wildman–Crippen MR) is 107 cm³/mol. The number of aryl methyl sites for hydroxylation is 1. The number of hydrogen-bond acceptors (Lipinski definition) is 5. The summed E-state index contributed by atoms with van der Waals surface area (Å²) in [5.41, 5.74) is 3.47. The smallest absolute Gasteiger partial charge is 0.268 e. The molecule has 0 radical (unpaired) electrons. The minimum absolute atomic E-state index is 0.108. The number of carbonyl (C=O) groups excluding carboxylic acids is 1. The maximum Gasteiger partial charge on any atom is 0.268 e. The molecule has 0 bridgehead atoms. The van der Waals surface area contributed by atoms with Crippen LogP contribution in [0, 0.1) is 0 Å². The van der Waals surface area contributed by atoms with Crippen LogP contribution in [0.2, 0.25) is 0 Å². The molecule has 0 atom stereocenters. The van der Waals surface area contributed by atoms with Crippen molar-refractivity contribution in [3.63, 3.8) is 0 Å². The van der Waals surface area contributed by atoms with Gasteiger partial charge in [-0.25, -0.2) is 9.97 Å². The highest BCUT2D eigenvalue weighted by atomic mass is 16.5. The molecule has 4 rings (SSSR count). The highest BCUT2D eigenvalue weighted by molar-refractivity contribution is 5.94. The van der Waals surface area contributed by atoms with Crippen LogP contribution < -0.4 is 10.2 Å². The van der Waals surface area contributed by atoms with Gasteiger partial charge in [0.05, 0.1) is 13.2 Å². The molecule has 28 heavy (non-hydrogen) atoms. The molecular weight excluding hydrogens is 354 g/mol. The minimum atomic E-state index is -0.108. The molecule has 0 saturated carbocycles. The summed E-state index contributed by atoms with van der Waals surface area (Å²) >= 11 is 0. The third-order valence-corrected chi connectivity index (χ3v) is 4.80. The number of nitrogens with one attached hydrogen (secondary N) is 1. The van der Waals surface area contributed by atoms with Gasteiger partial charge in [-0.05, 0) is 11.6 Å². The van der Waals surface area contributed by atoms with E-state index in [-0.39, 0.29) is 5.91 Å². The summed E-state index contributed by atoms with van der Waals surface area (Å²) in [6.07, 6.45) is 5.53. The van der Waals surface area contributed by atoms with Crippen LogP contribution in [0.15, 0.2) is 55.0 Å². The van der Waals surface area contributed by atoms with Crippen LogP contribution in [0.25, 0.3) is 11.1 Å². The summed E-state index contributed by atoms with van der Waals surface area (Å²) in [6, 6.07) is 11.7. The number of morpholine rings is 1. The quantitative estimate of drug-likeness (QED) is 0.738. The first-order chi connectivity index (χ1) is 13.7. The zero-order chi connectivity index (χ0) is 19.3. The summed E-state index contributed by atoms with van der Waals surface area (Å²) in [5, 5.41) is 2.96. The third kappa shape index (κ3) is 4.04. The Kier molecular flexibility index (Phi) is 5.34. The van der Waals surface area contributed by atoms with E-state index in [0.29, 0.717) is 31.4 Å². The molecule has 7 nitrogen and oxygen atoms in total. The van der Waals surface area contributed by atoms with Crippen molar-refractivity contribution in [2.75, 3.05) is 31.2 Å². The van der Waals surface area contributed by atoms with E-state index in [0.717, 1.165) is 29.8 Å². The van der Waals surface area contributed by atoms with Crippen molar-refractivity contribution >= 4 is 11.9 Å². The van der Waals surface area contributed by atoms with Crippen molar-refractivity contribution in [3.8, 4) is 11.1 Å². The Hall–Kier alpha value is -3.19. The second kappa shape index (κ2) is 8.22. The van der Waals surface area contributed by atoms with E-state index in [4.69, 9.17) is 4.74 Å². The Bertz CT molecular complexity index is 931. The number of aromatic nitrogens is 3. The Labute approximate surface area is 164 Å². The van der Waals surface area contributed by atoms with Crippen molar-refractivity contribution in [3.05, 3.63) is 66.2 Å². The molecule has 0 aliphatic carbocycles. The van der Waals surface area contributed by atoms with Crippen molar-refractivity contribution in [1.82, 2.24) is 19.9 Å². The fraction of sp³-hybridized carbons (Fsp3) is 0.286. The van der Waals surface area contributed by atoms with Crippen molar-refractivity contribution in [2.45, 2.75) is 6.54 Å². The van der Waals surface area contributed by atoms with E-state index in [1.807, 2.05) is 54.2 Å². The fourth-order valence-electron chi connectivity index (χ4n) is 3.21. The highest BCUT2D eigenvalue weighted by Gasteiger charge is 2.16. The molecule has 0 unspecified atom stereocenters. The molecule has 1 N–H and O–H groups in total. The van der Waals surface area contributed by atoms with Crippen LogP contribution in [0.5, 0.6) is 0 Å². The number of anilines is 1. The largest absolute Gasteiger partial charge is 0.378 e. The first-order valence-electron chi connectivity index (χ1n) is 9.34. The summed E-state index contributed by atoms with van der Waals surface area (Å²) in [7, 11) is 1.86. The molecule has 1 amide bonds. The van der Waals surface area contributed by atoms with Gasteiger partial charge in [0, 0.05) is 56.4 Å². The standard InChI is InChI=1S/C21H23N5O2/c1-25-15-17(11-19(25)20(27)22-12-16-5-3-2-4-6-16)18-13-23-21(24-14-18)26-7-9-28-10-8-26/h2-6,11,13-15H,7-10,12H2,1H3,(H,22,27). The van der Waals surface area contributed by atoms with Gasteiger partial charge in [0.25, 0.3) is 5.91 Å². The topological polar surface area (TPSA) is 72.3 Å². The van der Waals surface area contributed by atoms with Gasteiger partial charge in [-0.2, -0.15) is 0 Å². The number of amides is 1. The number of hydrogen-bond donors (Lipinski definition) is 1. The SMILES string of the molecule is Cn1cc(-c2cnc(N3CCOCC3)nc2)cc1C(=O)NCc1ccccc1. The number of nitrogens with zero attached hydrogens (tertiary/aromatic N) is 4. The summed E-state index contributed by atoms with van der Waals surface area (Å²) in [4.78, 5) is 23.7. The van der Waals surface area contributed by atoms with E-state index < -0.39 is 0 Å². The van der Waals surface area contributed by atoms with E-state index >= 15 is 0 Å². The first-order valence-corrected chi connectivity index (χ1v) is 9.34. The van der Waals surface area contributed by atoms with E-state index in [1.54, 1.807) is 12.4 Å². The molecule has 7 heteroatoms. The zero-order valence-electron chi connectivity index (χ0n) is 15.8. The monoisotopic (exact) mass is 377 g/mol. The molecule has 144 valence electrons. The molecule has 3 heterocycles. The van der Waals surface area contributed by atoms with Gasteiger partial charge in [-0.3, -0.25) is 4.79 Å². The lowest BCUT2D eigenvalue weighted by atomic mass is 10.2. The van der Waals surface area contributed by atoms with Crippen LogP contribution in [-0.4, -0.2) is 46.7 Å². The minimum Gasteiger partial charge on any atom is -0.378 e. The van der Waals surface area contributed by atoms with Gasteiger partial charge in [0.1, 0.15) is 5.69 Å². The maximum absolute atomic E-state index is 12.6. The Morgan fingerprint density at radius 2 is 1.82 bits per heavy atom. The number of ether oxygens (including phenoxy) is 1. The molecule has 2 aromatic heterocycles. The maximum atomic E-state index is 12.6. The van der Waals surface area contributed by atoms with E-state index in [1.165, 1.54) is 0 Å². The average Bonchev–Trinajstić information content (AvgIpc) is 3.15. The number of benzene rings is 1. The lowest BCUT2D eigenvalue weighted by Crippen LogP contribution is -2.37. The van der Waals surface area contributed by atoms with Crippen LogP contribution in [0.4, 0.5) is 5.95 Å². The van der Waals surface area contributed by atoms with Gasteiger partial charge in [-0.1, -0.05) is 30.3 Å². The number of carbonyl (C=O) groups is 1. The summed E-state index contributed by atoms with van der Waals surface area (Å²) in [5.74, 6) is 0.604. The second-order valence-corrected chi connectivity index (χ2v) is 6.76. The first kappa shape index (κ1) is 18.2. The van der Waals surface area contributed by atoms with Gasteiger partial charge in [0.2, 0.25) is 5.95 Å². The van der Waals surface area contributed by atoms with Crippen LogP contribution in [0.1, 0.15) is 16.1 Å². The molecule has 3 aromatic rings. The lowest BCUT2D eigenvalue weighted by Gasteiger charge is -2.26. The molecule has 0 spiro atoms. The van der Waals surface area contributed by atoms with Crippen molar-refractivity contribution < 1.29 is 9.53 Å². The Morgan fingerprint density at radius 1 is 1.11 bits per heavy atom. The molecular formula is C21H23N5O2. The van der Waals surface area contributed by atoms with Crippen molar-refractivity contribution in [1.29, 1.82) is 0 Å². The summed E-state index contributed by atoms with van der Waals surface area (Å²) < 4.78 is 7.19. The molecule has 1 fully saturated rings. The molecule has 1 aliphatic heterocycles. The molecule has 1 saturated heterocycles. The predicted octanol–water partition coefficient (Wildman–Crippen LogP) is 2.25. The second-order valence-electron chi connectivity index (χ2n) is 6.76. The van der Waals surface area contributed by atoms with Crippen molar-refractivity contribution in [2.24, 2.45) is 7.05 Å². The third-order valence-electron chi connectivity index (χ3n) is 4.80. The van der Waals surface area contributed by atoms with Gasteiger partial charge in [-0.15, -0.1) is 0 Å². The van der Waals surface area contributed by atoms with Gasteiger partial charge >= 0.3 is 0 Å². The zero-order valence-corrected chi connectivity index (χ0v) is 15.8. The summed E-state index contributed by atoms with van der Waals surface area (Å²) in [6.45, 7) is 3.50. The average molecular weight is 377 g/mol. The highest BCUT2D eigenvalue weighted by Crippen LogP contribution is 2.22. The number of rotatable bonds is 5. The van der Waals surface area contributed by atoms with Gasteiger partial charge < -0.3 is 19.5 Å². The van der Waals surface area contributed by atoms with Crippen LogP contribution in [0.3, 0.4) is 0 Å². The van der Waals surface area contributed by atoms with E-state index in [2.05, 4.69) is 20.2 Å². The van der Waals surface area contributed by atoms with Crippen LogP contribution >= 0.6 is 0 Å².